The summed E-state index contributed by atoms with van der Waals surface area (Å²) >= 11 is 3.46. The number of rotatable bonds is 4. The Labute approximate surface area is 105 Å². The highest BCUT2D eigenvalue weighted by Gasteiger charge is 2.08. The molecule has 3 heteroatoms. The van der Waals surface area contributed by atoms with Gasteiger partial charge >= 0.3 is 0 Å². The van der Waals surface area contributed by atoms with Crippen LogP contribution in [0.1, 0.15) is 24.0 Å². The van der Waals surface area contributed by atoms with Crippen molar-refractivity contribution in [3.63, 3.8) is 0 Å². The van der Waals surface area contributed by atoms with Crippen LogP contribution >= 0.6 is 15.9 Å². The van der Waals surface area contributed by atoms with Gasteiger partial charge < -0.3 is 5.32 Å². The van der Waals surface area contributed by atoms with E-state index in [2.05, 4.69) is 27.8 Å². The zero-order valence-corrected chi connectivity index (χ0v) is 11.2. The Kier molecular flexibility index (Phi) is 4.74. The van der Waals surface area contributed by atoms with Gasteiger partial charge in [0.05, 0.1) is 5.69 Å². The van der Waals surface area contributed by atoms with Crippen LogP contribution in [0.15, 0.2) is 29.3 Å². The maximum Gasteiger partial charge on any atom is 0.224 e. The first-order chi connectivity index (χ1) is 7.54. The van der Waals surface area contributed by atoms with Crippen LogP contribution in [-0.2, 0) is 4.79 Å². The predicted molar refractivity (Wildman–Crippen MR) is 71.7 cm³/mol. The fraction of sp³-hybridized carbons (Fsp3) is 0.308. The number of hydrogen-bond donors (Lipinski definition) is 1. The number of carbonyl (C=O) groups excluding carboxylic acids is 1. The Bertz CT molecular complexity index is 389. The average Bonchev–Trinajstić information content (AvgIpc) is 2.20. The molecule has 0 saturated heterocycles. The van der Waals surface area contributed by atoms with Gasteiger partial charge in [-0.05, 0) is 53.4 Å². The third kappa shape index (κ3) is 3.49. The number of carbonyl (C=O) groups is 1. The molecule has 0 spiro atoms. The van der Waals surface area contributed by atoms with Crippen molar-refractivity contribution in [2.24, 2.45) is 0 Å². The van der Waals surface area contributed by atoms with Crippen LogP contribution in [0.5, 0.6) is 0 Å². The molecule has 1 aromatic carbocycles. The van der Waals surface area contributed by atoms with Crippen LogP contribution in [0.2, 0.25) is 0 Å². The van der Waals surface area contributed by atoms with Crippen LogP contribution in [-0.4, -0.2) is 5.91 Å². The van der Waals surface area contributed by atoms with Crippen molar-refractivity contribution in [1.82, 2.24) is 0 Å². The van der Waals surface area contributed by atoms with E-state index in [1.807, 2.05) is 26.0 Å². The predicted octanol–water partition coefficient (Wildman–Crippen LogP) is 3.97. The molecule has 1 aromatic rings. The molecule has 0 bridgehead atoms. The van der Waals surface area contributed by atoms with Gasteiger partial charge in [0, 0.05) is 10.9 Å². The third-order valence-corrected chi connectivity index (χ3v) is 2.90. The summed E-state index contributed by atoms with van der Waals surface area (Å²) in [5.74, 6) is 0.0209. The molecular formula is C13H16BrNO. The number of allylic oxidation sites excluding steroid dienone is 1. The summed E-state index contributed by atoms with van der Waals surface area (Å²) in [6.45, 7) is 7.61. The summed E-state index contributed by atoms with van der Waals surface area (Å²) in [5, 5.41) is 2.91. The Hall–Kier alpha value is -1.09. The van der Waals surface area contributed by atoms with Crippen molar-refractivity contribution in [1.29, 1.82) is 0 Å². The van der Waals surface area contributed by atoms with Gasteiger partial charge in [-0.2, -0.15) is 0 Å². The minimum absolute atomic E-state index is 0.0209. The molecule has 0 heterocycles. The number of halogens is 1. The van der Waals surface area contributed by atoms with Crippen molar-refractivity contribution < 1.29 is 4.79 Å². The SMILES string of the molecule is C=CCCC(=O)Nc1c(C)cc(C)cc1Br. The molecule has 86 valence electrons. The second-order valence-corrected chi connectivity index (χ2v) is 4.67. The molecule has 2 nitrogen and oxygen atoms in total. The highest BCUT2D eigenvalue weighted by Crippen LogP contribution is 2.27. The Morgan fingerprint density at radius 1 is 1.50 bits per heavy atom. The zero-order valence-electron chi connectivity index (χ0n) is 9.64. The lowest BCUT2D eigenvalue weighted by Gasteiger charge is -2.11. The topological polar surface area (TPSA) is 29.1 Å². The second-order valence-electron chi connectivity index (χ2n) is 3.81. The number of amides is 1. The van der Waals surface area contributed by atoms with E-state index in [0.717, 1.165) is 15.7 Å². The number of anilines is 1. The van der Waals surface area contributed by atoms with E-state index in [1.165, 1.54) is 5.56 Å². The van der Waals surface area contributed by atoms with E-state index in [4.69, 9.17) is 0 Å². The average molecular weight is 282 g/mol. The Morgan fingerprint density at radius 3 is 2.75 bits per heavy atom. The number of benzene rings is 1. The quantitative estimate of drug-likeness (QED) is 0.832. The fourth-order valence-corrected chi connectivity index (χ4v) is 2.28. The molecule has 1 rings (SSSR count). The van der Waals surface area contributed by atoms with Crippen LogP contribution in [0, 0.1) is 13.8 Å². The Balaban J connectivity index is 2.81. The van der Waals surface area contributed by atoms with E-state index in [-0.39, 0.29) is 5.91 Å². The lowest BCUT2D eigenvalue weighted by Crippen LogP contribution is -2.12. The first-order valence-electron chi connectivity index (χ1n) is 5.22. The van der Waals surface area contributed by atoms with Crippen LogP contribution < -0.4 is 5.32 Å². The summed E-state index contributed by atoms with van der Waals surface area (Å²) in [6, 6.07) is 4.05. The molecule has 0 saturated carbocycles. The summed E-state index contributed by atoms with van der Waals surface area (Å²) in [5.41, 5.74) is 3.10. The molecule has 0 aromatic heterocycles. The smallest absolute Gasteiger partial charge is 0.224 e. The highest BCUT2D eigenvalue weighted by atomic mass is 79.9. The van der Waals surface area contributed by atoms with E-state index in [1.54, 1.807) is 6.08 Å². The maximum absolute atomic E-state index is 11.6. The zero-order chi connectivity index (χ0) is 12.1. The molecule has 0 aliphatic heterocycles. The molecule has 1 N–H and O–H groups in total. The van der Waals surface area contributed by atoms with Gasteiger partial charge in [-0.1, -0.05) is 12.1 Å². The molecule has 0 atom stereocenters. The molecule has 0 unspecified atom stereocenters. The largest absolute Gasteiger partial charge is 0.325 e. The number of hydrogen-bond acceptors (Lipinski definition) is 1. The van der Waals surface area contributed by atoms with Crippen molar-refractivity contribution in [2.75, 3.05) is 5.32 Å². The highest BCUT2D eigenvalue weighted by molar-refractivity contribution is 9.10. The van der Waals surface area contributed by atoms with Crippen molar-refractivity contribution in [2.45, 2.75) is 26.7 Å². The van der Waals surface area contributed by atoms with Gasteiger partial charge in [-0.3, -0.25) is 4.79 Å². The van der Waals surface area contributed by atoms with Crippen LogP contribution in [0.4, 0.5) is 5.69 Å². The first-order valence-corrected chi connectivity index (χ1v) is 6.01. The first kappa shape index (κ1) is 13.0. The molecule has 1 amide bonds. The van der Waals surface area contributed by atoms with E-state index >= 15 is 0 Å². The van der Waals surface area contributed by atoms with Gasteiger partial charge in [0.25, 0.3) is 0 Å². The van der Waals surface area contributed by atoms with Crippen molar-refractivity contribution >= 4 is 27.5 Å². The summed E-state index contributed by atoms with van der Waals surface area (Å²) in [4.78, 5) is 11.6. The lowest BCUT2D eigenvalue weighted by atomic mass is 10.1. The normalized spacial score (nSPS) is 9.94. The van der Waals surface area contributed by atoms with Gasteiger partial charge in [0.1, 0.15) is 0 Å². The minimum Gasteiger partial charge on any atom is -0.325 e. The van der Waals surface area contributed by atoms with Crippen molar-refractivity contribution in [3.8, 4) is 0 Å². The van der Waals surface area contributed by atoms with Gasteiger partial charge in [0.2, 0.25) is 5.91 Å². The standard InChI is InChI=1S/C13H16BrNO/c1-4-5-6-12(16)15-13-10(3)7-9(2)8-11(13)14/h4,7-8H,1,5-6H2,2-3H3,(H,15,16). The molecule has 0 radical (unpaired) electrons. The number of aryl methyl sites for hydroxylation is 2. The van der Waals surface area contributed by atoms with Crippen molar-refractivity contribution in [3.05, 3.63) is 40.4 Å². The summed E-state index contributed by atoms with van der Waals surface area (Å²) < 4.78 is 0.928. The van der Waals surface area contributed by atoms with E-state index in [9.17, 15) is 4.79 Å². The van der Waals surface area contributed by atoms with E-state index < -0.39 is 0 Å². The van der Waals surface area contributed by atoms with Gasteiger partial charge in [-0.25, -0.2) is 0 Å². The summed E-state index contributed by atoms with van der Waals surface area (Å²) in [7, 11) is 0. The molecule has 0 aliphatic carbocycles. The monoisotopic (exact) mass is 281 g/mol. The second kappa shape index (κ2) is 5.85. The molecule has 16 heavy (non-hydrogen) atoms. The Morgan fingerprint density at radius 2 is 2.19 bits per heavy atom. The third-order valence-electron chi connectivity index (χ3n) is 2.27. The fourth-order valence-electron chi connectivity index (χ4n) is 1.51. The minimum atomic E-state index is 0.0209. The van der Waals surface area contributed by atoms with E-state index in [0.29, 0.717) is 12.8 Å². The molecule has 0 aliphatic rings. The molecular weight excluding hydrogens is 266 g/mol. The van der Waals surface area contributed by atoms with Gasteiger partial charge in [-0.15, -0.1) is 6.58 Å². The maximum atomic E-state index is 11.6. The van der Waals surface area contributed by atoms with Gasteiger partial charge in [0.15, 0.2) is 0 Å². The van der Waals surface area contributed by atoms with Crippen LogP contribution in [0.3, 0.4) is 0 Å². The summed E-state index contributed by atoms with van der Waals surface area (Å²) in [6.07, 6.45) is 2.92. The lowest BCUT2D eigenvalue weighted by molar-refractivity contribution is -0.116. The van der Waals surface area contributed by atoms with Crippen LogP contribution in [0.25, 0.3) is 0 Å². The number of nitrogens with one attached hydrogen (secondary N) is 1. The molecule has 0 fully saturated rings.